The molecule has 0 aromatic carbocycles. The number of carbonyl (C=O) groups excluding carboxylic acids is 2. The van der Waals surface area contributed by atoms with E-state index in [0.717, 1.165) is 0 Å². The van der Waals surface area contributed by atoms with Crippen LogP contribution in [0.2, 0.25) is 0 Å². The largest absolute Gasteiger partial charge is 0.481 e. The Labute approximate surface area is 128 Å². The normalized spacial score (nSPS) is 10.6. The molecule has 122 valence electrons. The van der Waals surface area contributed by atoms with Crippen LogP contribution >= 0.6 is 0 Å². The van der Waals surface area contributed by atoms with Crippen molar-refractivity contribution < 1.29 is 28.5 Å². The van der Waals surface area contributed by atoms with E-state index in [1.54, 1.807) is 20.8 Å². The fraction of sp³-hybridized carbons (Fsp3) is 0.500. The summed E-state index contributed by atoms with van der Waals surface area (Å²) in [6.07, 6.45) is -0.747. The molecule has 8 heteroatoms. The van der Waals surface area contributed by atoms with E-state index in [4.69, 9.17) is 14.2 Å². The Morgan fingerprint density at radius 3 is 2.23 bits per heavy atom. The fourth-order valence-electron chi connectivity index (χ4n) is 1.55. The van der Waals surface area contributed by atoms with E-state index in [1.165, 1.54) is 27.4 Å². The number of nitrogens with zero attached hydrogens (tertiary/aromatic N) is 1. The van der Waals surface area contributed by atoms with Crippen LogP contribution in [-0.2, 0) is 9.47 Å². The van der Waals surface area contributed by atoms with E-state index in [9.17, 15) is 9.59 Å². The number of nitrogens with one attached hydrogen (secondary N) is 1. The molecule has 1 aromatic rings. The molecule has 1 amide bonds. The van der Waals surface area contributed by atoms with E-state index < -0.39 is 17.7 Å². The van der Waals surface area contributed by atoms with Crippen molar-refractivity contribution in [1.82, 2.24) is 4.98 Å². The molecule has 0 saturated carbocycles. The summed E-state index contributed by atoms with van der Waals surface area (Å²) in [6.45, 7) is 5.16. The first-order valence-electron chi connectivity index (χ1n) is 6.43. The Bertz CT molecular complexity index is 565. The third-order valence-corrected chi connectivity index (χ3v) is 2.40. The van der Waals surface area contributed by atoms with Crippen LogP contribution < -0.4 is 14.8 Å². The predicted octanol–water partition coefficient (Wildman–Crippen LogP) is 2.23. The van der Waals surface area contributed by atoms with Gasteiger partial charge in [0.25, 0.3) is 0 Å². The first-order chi connectivity index (χ1) is 10.2. The van der Waals surface area contributed by atoms with E-state index in [2.05, 4.69) is 15.0 Å². The molecule has 0 aliphatic rings. The summed E-state index contributed by atoms with van der Waals surface area (Å²) in [5.74, 6) is -0.525. The summed E-state index contributed by atoms with van der Waals surface area (Å²) in [5.41, 5.74) is -0.607. The number of methoxy groups -OCH3 is 3. The van der Waals surface area contributed by atoms with Crippen molar-refractivity contribution in [2.24, 2.45) is 0 Å². The SMILES string of the molecule is COC(=O)c1cc(OC)nc(OC)c1NC(=O)OC(C)(C)C. The number of hydrogen-bond acceptors (Lipinski definition) is 7. The van der Waals surface area contributed by atoms with Gasteiger partial charge < -0.3 is 18.9 Å². The summed E-state index contributed by atoms with van der Waals surface area (Å²) < 4.78 is 19.9. The molecule has 0 aliphatic heterocycles. The molecule has 1 rings (SSSR count). The highest BCUT2D eigenvalue weighted by atomic mass is 16.6. The topological polar surface area (TPSA) is 96.0 Å². The second kappa shape index (κ2) is 6.97. The van der Waals surface area contributed by atoms with Crippen LogP contribution in [-0.4, -0.2) is 44.0 Å². The molecule has 0 radical (unpaired) electrons. The summed E-state index contributed by atoms with van der Waals surface area (Å²) >= 11 is 0. The average Bonchev–Trinajstić information content (AvgIpc) is 2.44. The fourth-order valence-corrected chi connectivity index (χ4v) is 1.55. The Morgan fingerprint density at radius 2 is 1.77 bits per heavy atom. The molecule has 1 aromatic heterocycles. The van der Waals surface area contributed by atoms with E-state index in [0.29, 0.717) is 0 Å². The van der Waals surface area contributed by atoms with Crippen molar-refractivity contribution in [3.05, 3.63) is 11.6 Å². The number of hydrogen-bond donors (Lipinski definition) is 1. The third kappa shape index (κ3) is 4.51. The standard InChI is InChI=1S/C14H20N2O6/c1-14(2,3)22-13(18)16-10-8(12(17)21-6)7-9(19-4)15-11(10)20-5/h7H,1-6H3,(H,16,18). The lowest BCUT2D eigenvalue weighted by molar-refractivity contribution is 0.0600. The van der Waals surface area contributed by atoms with Crippen LogP contribution in [0.15, 0.2) is 6.07 Å². The highest BCUT2D eigenvalue weighted by Crippen LogP contribution is 2.31. The van der Waals surface area contributed by atoms with Gasteiger partial charge >= 0.3 is 12.1 Å². The Balaban J connectivity index is 3.25. The van der Waals surface area contributed by atoms with Gasteiger partial charge in [-0.1, -0.05) is 0 Å². The lowest BCUT2D eigenvalue weighted by Crippen LogP contribution is -2.28. The van der Waals surface area contributed by atoms with E-state index in [-0.39, 0.29) is 23.0 Å². The number of pyridine rings is 1. The molecule has 0 spiro atoms. The molecule has 0 unspecified atom stereocenters. The number of ether oxygens (including phenoxy) is 4. The summed E-state index contributed by atoms with van der Waals surface area (Å²) in [6, 6.07) is 1.33. The van der Waals surface area contributed by atoms with E-state index >= 15 is 0 Å². The lowest BCUT2D eigenvalue weighted by atomic mass is 10.2. The quantitative estimate of drug-likeness (QED) is 0.851. The number of aromatic nitrogens is 1. The van der Waals surface area contributed by atoms with Crippen LogP contribution in [0.1, 0.15) is 31.1 Å². The number of esters is 1. The van der Waals surface area contributed by atoms with Gasteiger partial charge in [0.2, 0.25) is 11.8 Å². The Hall–Kier alpha value is -2.51. The second-order valence-corrected chi connectivity index (χ2v) is 5.21. The molecule has 0 saturated heterocycles. The molecule has 0 atom stereocenters. The van der Waals surface area contributed by atoms with Crippen molar-refractivity contribution in [2.45, 2.75) is 26.4 Å². The third-order valence-electron chi connectivity index (χ3n) is 2.40. The molecule has 22 heavy (non-hydrogen) atoms. The van der Waals surface area contributed by atoms with Gasteiger partial charge in [0, 0.05) is 6.07 Å². The van der Waals surface area contributed by atoms with Gasteiger partial charge in [0.15, 0.2) is 0 Å². The van der Waals surface area contributed by atoms with Gasteiger partial charge in [-0.25, -0.2) is 9.59 Å². The van der Waals surface area contributed by atoms with Crippen LogP contribution in [0.3, 0.4) is 0 Å². The van der Waals surface area contributed by atoms with Crippen LogP contribution in [0.4, 0.5) is 10.5 Å². The zero-order valence-electron chi connectivity index (χ0n) is 13.5. The van der Waals surface area contributed by atoms with Gasteiger partial charge in [-0.05, 0) is 20.8 Å². The van der Waals surface area contributed by atoms with Gasteiger partial charge in [-0.3, -0.25) is 5.32 Å². The Kier molecular flexibility index (Phi) is 5.56. The van der Waals surface area contributed by atoms with Gasteiger partial charge in [0.05, 0.1) is 26.9 Å². The molecule has 0 fully saturated rings. The van der Waals surface area contributed by atoms with E-state index in [1.807, 2.05) is 0 Å². The molecular formula is C14H20N2O6. The summed E-state index contributed by atoms with van der Waals surface area (Å²) in [5, 5.41) is 2.45. The van der Waals surface area contributed by atoms with Crippen molar-refractivity contribution in [3.8, 4) is 11.8 Å². The second-order valence-electron chi connectivity index (χ2n) is 5.21. The number of rotatable bonds is 4. The smallest absolute Gasteiger partial charge is 0.412 e. The summed E-state index contributed by atoms with van der Waals surface area (Å²) in [4.78, 5) is 27.8. The minimum atomic E-state index is -0.747. The average molecular weight is 312 g/mol. The molecule has 8 nitrogen and oxygen atoms in total. The molecule has 0 aliphatic carbocycles. The van der Waals surface area contributed by atoms with Gasteiger partial charge in [-0.15, -0.1) is 0 Å². The van der Waals surface area contributed by atoms with Crippen molar-refractivity contribution in [1.29, 1.82) is 0 Å². The molecular weight excluding hydrogens is 292 g/mol. The van der Waals surface area contributed by atoms with Crippen LogP contribution in [0.25, 0.3) is 0 Å². The highest BCUT2D eigenvalue weighted by molar-refractivity contribution is 6.01. The zero-order chi connectivity index (χ0) is 16.9. The minimum absolute atomic E-state index is 0.00519. The summed E-state index contributed by atoms with van der Waals surface area (Å²) in [7, 11) is 3.96. The van der Waals surface area contributed by atoms with Crippen molar-refractivity contribution in [2.75, 3.05) is 26.6 Å². The van der Waals surface area contributed by atoms with Crippen molar-refractivity contribution in [3.63, 3.8) is 0 Å². The highest BCUT2D eigenvalue weighted by Gasteiger charge is 2.24. The molecule has 1 heterocycles. The number of amides is 1. The zero-order valence-corrected chi connectivity index (χ0v) is 13.5. The minimum Gasteiger partial charge on any atom is -0.481 e. The lowest BCUT2D eigenvalue weighted by Gasteiger charge is -2.21. The molecule has 1 N–H and O–H groups in total. The predicted molar refractivity (Wildman–Crippen MR) is 78.5 cm³/mol. The number of anilines is 1. The van der Waals surface area contributed by atoms with Gasteiger partial charge in [0.1, 0.15) is 11.3 Å². The Morgan fingerprint density at radius 1 is 1.14 bits per heavy atom. The maximum Gasteiger partial charge on any atom is 0.412 e. The first-order valence-corrected chi connectivity index (χ1v) is 6.43. The monoisotopic (exact) mass is 312 g/mol. The maximum atomic E-state index is 11.9. The van der Waals surface area contributed by atoms with Crippen LogP contribution in [0, 0.1) is 0 Å². The van der Waals surface area contributed by atoms with Crippen molar-refractivity contribution >= 4 is 17.7 Å². The first kappa shape index (κ1) is 17.5. The maximum absolute atomic E-state index is 11.9. The van der Waals surface area contributed by atoms with Gasteiger partial charge in [-0.2, -0.15) is 4.98 Å². The van der Waals surface area contributed by atoms with Crippen LogP contribution in [0.5, 0.6) is 11.8 Å². The molecule has 0 bridgehead atoms. The number of carbonyl (C=O) groups is 2.